The predicted molar refractivity (Wildman–Crippen MR) is 70.4 cm³/mol. The molecule has 5 nitrogen and oxygen atoms in total. The van der Waals surface area contributed by atoms with Crippen LogP contribution in [0.3, 0.4) is 0 Å². The molecule has 2 amide bonds. The van der Waals surface area contributed by atoms with Gasteiger partial charge < -0.3 is 20.9 Å². The molecule has 2 heterocycles. The number of fused-ring (bicyclic) bond motifs is 1. The molecule has 1 atom stereocenters. The van der Waals surface area contributed by atoms with Crippen LogP contribution in [-0.2, 0) is 6.54 Å². The Bertz CT molecular complexity index is 507. The van der Waals surface area contributed by atoms with E-state index in [0.29, 0.717) is 19.6 Å². The van der Waals surface area contributed by atoms with Gasteiger partial charge in [0.15, 0.2) is 0 Å². The molecule has 1 aromatic rings. The Labute approximate surface area is 111 Å². The van der Waals surface area contributed by atoms with Gasteiger partial charge in [-0.1, -0.05) is 0 Å². The number of piperazine rings is 1. The number of carbonyl (C=O) groups excluding carboxylic acids is 1. The molecular formula is C13H17FN4O. The quantitative estimate of drug-likeness (QED) is 0.817. The minimum atomic E-state index is -0.263. The van der Waals surface area contributed by atoms with Crippen molar-refractivity contribution in [1.82, 2.24) is 10.2 Å². The van der Waals surface area contributed by atoms with E-state index in [0.717, 1.165) is 24.3 Å². The maximum Gasteiger partial charge on any atom is 0.317 e. The number of hydrogen-bond acceptors (Lipinski definition) is 3. The molecule has 2 fully saturated rings. The molecule has 1 aromatic carbocycles. The fraction of sp³-hybridized carbons (Fsp3) is 0.462. The van der Waals surface area contributed by atoms with Crippen molar-refractivity contribution in [2.45, 2.75) is 12.6 Å². The normalized spacial score (nSPS) is 22.4. The first-order valence-electron chi connectivity index (χ1n) is 6.46. The molecule has 0 radical (unpaired) electrons. The van der Waals surface area contributed by atoms with E-state index in [1.54, 1.807) is 0 Å². The summed E-state index contributed by atoms with van der Waals surface area (Å²) < 4.78 is 13.5. The van der Waals surface area contributed by atoms with E-state index in [9.17, 15) is 9.18 Å². The van der Waals surface area contributed by atoms with Gasteiger partial charge in [-0.15, -0.1) is 0 Å². The number of amides is 2. The average molecular weight is 264 g/mol. The van der Waals surface area contributed by atoms with Crippen molar-refractivity contribution < 1.29 is 9.18 Å². The molecule has 1 unspecified atom stereocenters. The first-order chi connectivity index (χ1) is 9.17. The SMILES string of the molecule is NCc1cc(F)cc(N2CCN3C(=O)NCC3C2)c1. The summed E-state index contributed by atoms with van der Waals surface area (Å²) in [7, 11) is 0. The third kappa shape index (κ3) is 2.23. The van der Waals surface area contributed by atoms with Gasteiger partial charge in [-0.25, -0.2) is 9.18 Å². The highest BCUT2D eigenvalue weighted by Gasteiger charge is 2.35. The fourth-order valence-corrected chi connectivity index (χ4v) is 2.77. The number of rotatable bonds is 2. The summed E-state index contributed by atoms with van der Waals surface area (Å²) in [6.45, 7) is 3.11. The van der Waals surface area contributed by atoms with E-state index >= 15 is 0 Å². The van der Waals surface area contributed by atoms with Crippen LogP contribution < -0.4 is 16.0 Å². The van der Waals surface area contributed by atoms with Gasteiger partial charge in [0.05, 0.1) is 6.04 Å². The number of halogens is 1. The molecule has 2 saturated heterocycles. The maximum atomic E-state index is 13.5. The second-order valence-corrected chi connectivity index (χ2v) is 5.00. The third-order valence-corrected chi connectivity index (χ3v) is 3.78. The van der Waals surface area contributed by atoms with E-state index in [1.807, 2.05) is 11.0 Å². The van der Waals surface area contributed by atoms with E-state index in [1.165, 1.54) is 12.1 Å². The van der Waals surface area contributed by atoms with Crippen LogP contribution in [0.5, 0.6) is 0 Å². The molecule has 0 aliphatic carbocycles. The van der Waals surface area contributed by atoms with Gasteiger partial charge >= 0.3 is 6.03 Å². The van der Waals surface area contributed by atoms with E-state index < -0.39 is 0 Å². The number of nitrogens with two attached hydrogens (primary N) is 1. The molecule has 102 valence electrons. The first-order valence-corrected chi connectivity index (χ1v) is 6.46. The molecule has 0 saturated carbocycles. The van der Waals surface area contributed by atoms with Gasteiger partial charge in [0.1, 0.15) is 5.82 Å². The Morgan fingerprint density at radius 1 is 1.37 bits per heavy atom. The van der Waals surface area contributed by atoms with Crippen LogP contribution in [0.2, 0.25) is 0 Å². The molecule has 2 aliphatic rings. The Kier molecular flexibility index (Phi) is 3.02. The Morgan fingerprint density at radius 3 is 3.00 bits per heavy atom. The van der Waals surface area contributed by atoms with Crippen LogP contribution in [-0.4, -0.2) is 43.2 Å². The molecular weight excluding hydrogens is 247 g/mol. The highest BCUT2D eigenvalue weighted by molar-refractivity contribution is 5.77. The van der Waals surface area contributed by atoms with Crippen LogP contribution in [0.1, 0.15) is 5.56 Å². The van der Waals surface area contributed by atoms with E-state index in [-0.39, 0.29) is 17.9 Å². The molecule has 2 aliphatic heterocycles. The van der Waals surface area contributed by atoms with Crippen LogP contribution in [0.15, 0.2) is 18.2 Å². The predicted octanol–water partition coefficient (Wildman–Crippen LogP) is 0.498. The third-order valence-electron chi connectivity index (χ3n) is 3.78. The number of urea groups is 1. The van der Waals surface area contributed by atoms with Crippen molar-refractivity contribution in [3.05, 3.63) is 29.6 Å². The number of hydrogen-bond donors (Lipinski definition) is 2. The monoisotopic (exact) mass is 264 g/mol. The van der Waals surface area contributed by atoms with Gasteiger partial charge in [-0.2, -0.15) is 0 Å². The summed E-state index contributed by atoms with van der Waals surface area (Å²) in [5.74, 6) is -0.263. The van der Waals surface area contributed by atoms with E-state index in [4.69, 9.17) is 5.73 Å². The van der Waals surface area contributed by atoms with Crippen LogP contribution in [0.4, 0.5) is 14.9 Å². The Balaban J connectivity index is 1.80. The zero-order valence-electron chi connectivity index (χ0n) is 10.6. The lowest BCUT2D eigenvalue weighted by Crippen LogP contribution is -2.52. The lowest BCUT2D eigenvalue weighted by Gasteiger charge is -2.37. The van der Waals surface area contributed by atoms with Gasteiger partial charge in [0.2, 0.25) is 0 Å². The summed E-state index contributed by atoms with van der Waals surface area (Å²) in [6, 6.07) is 5.08. The number of anilines is 1. The molecule has 0 aromatic heterocycles. The molecule has 0 spiro atoms. The minimum Gasteiger partial charge on any atom is -0.368 e. The van der Waals surface area contributed by atoms with Gasteiger partial charge in [0.25, 0.3) is 0 Å². The molecule has 3 N–H and O–H groups in total. The average Bonchev–Trinajstić information content (AvgIpc) is 2.79. The summed E-state index contributed by atoms with van der Waals surface area (Å²) in [6.07, 6.45) is 0. The largest absolute Gasteiger partial charge is 0.368 e. The van der Waals surface area contributed by atoms with Gasteiger partial charge in [-0.3, -0.25) is 0 Å². The van der Waals surface area contributed by atoms with E-state index in [2.05, 4.69) is 10.2 Å². The highest BCUT2D eigenvalue weighted by atomic mass is 19.1. The van der Waals surface area contributed by atoms with Crippen molar-refractivity contribution in [3.63, 3.8) is 0 Å². The van der Waals surface area contributed by atoms with Crippen LogP contribution in [0.25, 0.3) is 0 Å². The van der Waals surface area contributed by atoms with Crippen molar-refractivity contribution >= 4 is 11.7 Å². The fourth-order valence-electron chi connectivity index (χ4n) is 2.77. The minimum absolute atomic E-state index is 0.00606. The van der Waals surface area contributed by atoms with Crippen LogP contribution >= 0.6 is 0 Å². The van der Waals surface area contributed by atoms with Gasteiger partial charge in [-0.05, 0) is 23.8 Å². The summed E-state index contributed by atoms with van der Waals surface area (Å²) in [4.78, 5) is 15.5. The summed E-state index contributed by atoms with van der Waals surface area (Å²) in [5.41, 5.74) is 7.21. The van der Waals surface area contributed by atoms with Crippen molar-refractivity contribution in [2.75, 3.05) is 31.1 Å². The maximum absolute atomic E-state index is 13.5. The first kappa shape index (κ1) is 12.2. The number of benzene rings is 1. The Hall–Kier alpha value is -1.82. The molecule has 0 bridgehead atoms. The molecule has 19 heavy (non-hydrogen) atoms. The van der Waals surface area contributed by atoms with Crippen molar-refractivity contribution in [3.8, 4) is 0 Å². The van der Waals surface area contributed by atoms with Crippen molar-refractivity contribution in [1.29, 1.82) is 0 Å². The number of nitrogens with one attached hydrogen (secondary N) is 1. The smallest absolute Gasteiger partial charge is 0.317 e. The molecule has 6 heteroatoms. The lowest BCUT2D eigenvalue weighted by atomic mass is 10.1. The summed E-state index contributed by atoms with van der Waals surface area (Å²) in [5, 5.41) is 2.83. The lowest BCUT2D eigenvalue weighted by molar-refractivity contribution is 0.197. The number of carbonyl (C=O) groups is 1. The topological polar surface area (TPSA) is 61.6 Å². The van der Waals surface area contributed by atoms with Crippen LogP contribution in [0, 0.1) is 5.82 Å². The Morgan fingerprint density at radius 2 is 2.21 bits per heavy atom. The second kappa shape index (κ2) is 4.70. The number of nitrogens with zero attached hydrogens (tertiary/aromatic N) is 2. The standard InChI is InChI=1S/C13H17FN4O/c14-10-3-9(6-15)4-11(5-10)17-1-2-18-12(8-17)7-16-13(18)19/h3-5,12H,1-2,6-8,15H2,(H,16,19). The summed E-state index contributed by atoms with van der Waals surface area (Å²) >= 11 is 0. The zero-order valence-corrected chi connectivity index (χ0v) is 10.6. The molecule has 3 rings (SSSR count). The van der Waals surface area contributed by atoms with Crippen molar-refractivity contribution in [2.24, 2.45) is 5.73 Å². The highest BCUT2D eigenvalue weighted by Crippen LogP contribution is 2.23. The second-order valence-electron chi connectivity index (χ2n) is 5.00. The van der Waals surface area contributed by atoms with Gasteiger partial charge in [0, 0.05) is 38.4 Å². The zero-order chi connectivity index (χ0) is 13.4.